The van der Waals surface area contributed by atoms with Gasteiger partial charge in [0.2, 0.25) is 0 Å². The van der Waals surface area contributed by atoms with E-state index in [1.54, 1.807) is 0 Å². The van der Waals surface area contributed by atoms with Gasteiger partial charge in [-0.2, -0.15) is 13.2 Å². The molecule has 0 radical (unpaired) electrons. The molecule has 0 aliphatic carbocycles. The van der Waals surface area contributed by atoms with E-state index in [0.29, 0.717) is 19.1 Å². The van der Waals surface area contributed by atoms with Gasteiger partial charge in [-0.25, -0.2) is 0 Å². The molecule has 0 unspecified atom stereocenters. The average molecular weight is 257 g/mol. The first-order valence-electron chi connectivity index (χ1n) is 5.85. The van der Waals surface area contributed by atoms with Crippen LogP contribution >= 0.6 is 0 Å². The van der Waals surface area contributed by atoms with Crippen LogP contribution in [-0.4, -0.2) is 45.7 Å². The molecule has 0 spiro atoms. The zero-order valence-corrected chi connectivity index (χ0v) is 10.5. The van der Waals surface area contributed by atoms with E-state index in [9.17, 15) is 13.2 Å². The van der Waals surface area contributed by atoms with E-state index < -0.39 is 12.8 Å². The minimum absolute atomic E-state index is 0.0758. The standard InChI is InChI=1S/C11H22F3NO2/c1-10(2)8-16-6-3-4-15-5-7-17-9-11(12,13)14/h10,15H,3-9H2,1-2H3. The number of nitrogens with one attached hydrogen (secondary N) is 1. The molecule has 0 heterocycles. The number of ether oxygens (including phenoxy) is 2. The van der Waals surface area contributed by atoms with Gasteiger partial charge in [0.1, 0.15) is 6.61 Å². The summed E-state index contributed by atoms with van der Waals surface area (Å²) in [6.45, 7) is 5.64. The minimum atomic E-state index is -4.23. The van der Waals surface area contributed by atoms with Gasteiger partial charge in [0.15, 0.2) is 0 Å². The lowest BCUT2D eigenvalue weighted by atomic mass is 10.2. The first kappa shape index (κ1) is 16.7. The Morgan fingerprint density at radius 2 is 1.76 bits per heavy atom. The van der Waals surface area contributed by atoms with Crippen molar-refractivity contribution in [3.8, 4) is 0 Å². The molecule has 104 valence electrons. The molecule has 0 saturated heterocycles. The zero-order chi connectivity index (χ0) is 13.1. The van der Waals surface area contributed by atoms with Crippen LogP contribution in [0.15, 0.2) is 0 Å². The second kappa shape index (κ2) is 9.67. The highest BCUT2D eigenvalue weighted by Crippen LogP contribution is 2.13. The topological polar surface area (TPSA) is 30.5 Å². The third-order valence-electron chi connectivity index (χ3n) is 1.78. The van der Waals surface area contributed by atoms with Crippen LogP contribution in [0, 0.1) is 5.92 Å². The molecule has 0 amide bonds. The summed E-state index contributed by atoms with van der Waals surface area (Å²) in [6.07, 6.45) is -3.38. The first-order valence-corrected chi connectivity index (χ1v) is 5.85. The van der Waals surface area contributed by atoms with E-state index in [1.807, 2.05) is 0 Å². The van der Waals surface area contributed by atoms with Gasteiger partial charge in [-0.1, -0.05) is 13.8 Å². The van der Waals surface area contributed by atoms with Gasteiger partial charge in [-0.15, -0.1) is 0 Å². The molecule has 0 aromatic heterocycles. The van der Waals surface area contributed by atoms with Crippen LogP contribution in [0.3, 0.4) is 0 Å². The number of rotatable bonds is 10. The molecule has 0 atom stereocenters. The molecule has 0 fully saturated rings. The van der Waals surface area contributed by atoms with Crippen molar-refractivity contribution < 1.29 is 22.6 Å². The molecule has 0 saturated carbocycles. The lowest BCUT2D eigenvalue weighted by Crippen LogP contribution is -2.25. The predicted octanol–water partition coefficient (Wildman–Crippen LogP) is 2.22. The normalized spacial score (nSPS) is 12.4. The molecule has 0 aromatic carbocycles. The Kier molecular flexibility index (Phi) is 9.49. The van der Waals surface area contributed by atoms with Crippen molar-refractivity contribution in [3.63, 3.8) is 0 Å². The summed E-state index contributed by atoms with van der Waals surface area (Å²) in [5.74, 6) is 0.527. The quantitative estimate of drug-likeness (QED) is 0.609. The summed E-state index contributed by atoms with van der Waals surface area (Å²) < 4.78 is 44.8. The monoisotopic (exact) mass is 257 g/mol. The lowest BCUT2D eigenvalue weighted by Gasteiger charge is -2.09. The molecule has 0 aromatic rings. The van der Waals surface area contributed by atoms with Crippen LogP contribution in [0.1, 0.15) is 20.3 Å². The molecular weight excluding hydrogens is 235 g/mol. The van der Waals surface area contributed by atoms with E-state index in [0.717, 1.165) is 19.6 Å². The smallest absolute Gasteiger partial charge is 0.381 e. The fourth-order valence-corrected chi connectivity index (χ4v) is 1.08. The maximum absolute atomic E-state index is 11.7. The summed E-state index contributed by atoms with van der Waals surface area (Å²) in [7, 11) is 0. The van der Waals surface area contributed by atoms with Gasteiger partial charge in [-0.05, 0) is 18.9 Å². The van der Waals surface area contributed by atoms with E-state index in [4.69, 9.17) is 4.74 Å². The summed E-state index contributed by atoms with van der Waals surface area (Å²) in [6, 6.07) is 0. The lowest BCUT2D eigenvalue weighted by molar-refractivity contribution is -0.173. The summed E-state index contributed by atoms with van der Waals surface area (Å²) in [4.78, 5) is 0. The van der Waals surface area contributed by atoms with Crippen LogP contribution in [0.4, 0.5) is 13.2 Å². The number of halogens is 3. The molecule has 0 rings (SSSR count). The minimum Gasteiger partial charge on any atom is -0.381 e. The number of hydrogen-bond acceptors (Lipinski definition) is 3. The fraction of sp³-hybridized carbons (Fsp3) is 1.00. The van der Waals surface area contributed by atoms with E-state index in [2.05, 4.69) is 23.9 Å². The molecule has 1 N–H and O–H groups in total. The summed E-state index contributed by atoms with van der Waals surface area (Å²) in [5, 5.41) is 2.99. The van der Waals surface area contributed by atoms with Gasteiger partial charge >= 0.3 is 6.18 Å². The molecule has 0 bridgehead atoms. The first-order chi connectivity index (χ1) is 7.92. The van der Waals surface area contributed by atoms with Crippen molar-refractivity contribution in [2.45, 2.75) is 26.4 Å². The van der Waals surface area contributed by atoms with Crippen molar-refractivity contribution >= 4 is 0 Å². The Morgan fingerprint density at radius 3 is 2.35 bits per heavy atom. The Balaban J connectivity index is 3.04. The maximum Gasteiger partial charge on any atom is 0.411 e. The van der Waals surface area contributed by atoms with Gasteiger partial charge in [0.05, 0.1) is 6.61 Å². The van der Waals surface area contributed by atoms with E-state index in [-0.39, 0.29) is 6.61 Å². The Morgan fingerprint density at radius 1 is 1.06 bits per heavy atom. The highest BCUT2D eigenvalue weighted by molar-refractivity contribution is 4.49. The number of alkyl halides is 3. The van der Waals surface area contributed by atoms with Crippen molar-refractivity contribution in [1.29, 1.82) is 0 Å². The summed E-state index contributed by atoms with van der Waals surface area (Å²) >= 11 is 0. The van der Waals surface area contributed by atoms with E-state index >= 15 is 0 Å². The average Bonchev–Trinajstić information content (AvgIpc) is 2.18. The van der Waals surface area contributed by atoms with E-state index in [1.165, 1.54) is 0 Å². The molecule has 0 aliphatic rings. The van der Waals surface area contributed by atoms with Crippen LogP contribution < -0.4 is 5.32 Å². The van der Waals surface area contributed by atoms with Gasteiger partial charge in [-0.3, -0.25) is 0 Å². The van der Waals surface area contributed by atoms with Gasteiger partial charge < -0.3 is 14.8 Å². The zero-order valence-electron chi connectivity index (χ0n) is 10.5. The second-order valence-corrected chi connectivity index (χ2v) is 4.24. The molecule has 0 aliphatic heterocycles. The van der Waals surface area contributed by atoms with Gasteiger partial charge in [0.25, 0.3) is 0 Å². The Labute approximate surface area is 101 Å². The van der Waals surface area contributed by atoms with Crippen LogP contribution in [0.25, 0.3) is 0 Å². The van der Waals surface area contributed by atoms with Crippen molar-refractivity contribution in [3.05, 3.63) is 0 Å². The fourth-order valence-electron chi connectivity index (χ4n) is 1.08. The highest BCUT2D eigenvalue weighted by Gasteiger charge is 2.27. The largest absolute Gasteiger partial charge is 0.411 e. The molecule has 6 heteroatoms. The molecule has 3 nitrogen and oxygen atoms in total. The molecular formula is C11H22F3NO2. The van der Waals surface area contributed by atoms with Crippen molar-refractivity contribution in [2.75, 3.05) is 39.5 Å². The van der Waals surface area contributed by atoms with Crippen molar-refractivity contribution in [2.24, 2.45) is 5.92 Å². The van der Waals surface area contributed by atoms with Crippen LogP contribution in [0.5, 0.6) is 0 Å². The Bertz CT molecular complexity index is 175. The number of hydrogen-bond donors (Lipinski definition) is 1. The van der Waals surface area contributed by atoms with Crippen molar-refractivity contribution in [1.82, 2.24) is 5.32 Å². The second-order valence-electron chi connectivity index (χ2n) is 4.24. The third kappa shape index (κ3) is 15.7. The summed E-state index contributed by atoms with van der Waals surface area (Å²) in [5.41, 5.74) is 0. The maximum atomic E-state index is 11.7. The Hall–Kier alpha value is -0.330. The van der Waals surface area contributed by atoms with Crippen LogP contribution in [-0.2, 0) is 9.47 Å². The highest BCUT2D eigenvalue weighted by atomic mass is 19.4. The van der Waals surface area contributed by atoms with Crippen LogP contribution in [0.2, 0.25) is 0 Å². The predicted molar refractivity (Wildman–Crippen MR) is 60.0 cm³/mol. The SMILES string of the molecule is CC(C)COCCCNCCOCC(F)(F)F. The molecule has 17 heavy (non-hydrogen) atoms. The third-order valence-corrected chi connectivity index (χ3v) is 1.78. The van der Waals surface area contributed by atoms with Gasteiger partial charge in [0, 0.05) is 19.8 Å².